The Morgan fingerprint density at radius 1 is 1.35 bits per heavy atom. The maximum atomic E-state index is 13.5. The van der Waals surface area contributed by atoms with Gasteiger partial charge in [-0.3, -0.25) is 0 Å². The van der Waals surface area contributed by atoms with Crippen molar-refractivity contribution >= 4 is 0 Å². The molecule has 0 aliphatic carbocycles. The van der Waals surface area contributed by atoms with Crippen molar-refractivity contribution in [1.29, 1.82) is 0 Å². The molecule has 1 fully saturated rings. The Morgan fingerprint density at radius 2 is 2.25 bits per heavy atom. The Bertz CT molecular complexity index is 597. The van der Waals surface area contributed by atoms with Gasteiger partial charge in [-0.1, -0.05) is 11.2 Å². The quantitative estimate of drug-likeness (QED) is 0.926. The highest BCUT2D eigenvalue weighted by Gasteiger charge is 2.21. The summed E-state index contributed by atoms with van der Waals surface area (Å²) in [6.45, 7) is 1.99. The molecular formula is C13H13F2N3O2. The summed E-state index contributed by atoms with van der Waals surface area (Å²) in [4.78, 5) is 4.19. The van der Waals surface area contributed by atoms with E-state index in [0.29, 0.717) is 24.5 Å². The number of nitrogens with one attached hydrogen (secondary N) is 1. The van der Waals surface area contributed by atoms with Gasteiger partial charge in [0.05, 0.1) is 13.0 Å². The van der Waals surface area contributed by atoms with Crippen LogP contribution < -0.4 is 5.32 Å². The van der Waals surface area contributed by atoms with E-state index in [1.54, 1.807) is 0 Å². The van der Waals surface area contributed by atoms with Crippen LogP contribution in [0.4, 0.5) is 8.78 Å². The Morgan fingerprint density at radius 3 is 3.00 bits per heavy atom. The maximum absolute atomic E-state index is 13.5. The van der Waals surface area contributed by atoms with Crippen LogP contribution in [0.5, 0.6) is 0 Å². The van der Waals surface area contributed by atoms with E-state index in [-0.39, 0.29) is 18.4 Å². The number of benzene rings is 1. The molecule has 106 valence electrons. The highest BCUT2D eigenvalue weighted by atomic mass is 19.1. The first-order valence-corrected chi connectivity index (χ1v) is 6.31. The van der Waals surface area contributed by atoms with E-state index in [1.165, 1.54) is 12.1 Å². The van der Waals surface area contributed by atoms with Gasteiger partial charge in [-0.15, -0.1) is 0 Å². The van der Waals surface area contributed by atoms with Gasteiger partial charge >= 0.3 is 0 Å². The van der Waals surface area contributed by atoms with Crippen molar-refractivity contribution in [1.82, 2.24) is 15.5 Å². The van der Waals surface area contributed by atoms with E-state index < -0.39 is 11.6 Å². The average Bonchev–Trinajstić information content (AvgIpc) is 2.92. The molecule has 1 N–H and O–H groups in total. The van der Waals surface area contributed by atoms with Crippen LogP contribution in [0, 0.1) is 11.6 Å². The summed E-state index contributed by atoms with van der Waals surface area (Å²) in [7, 11) is 0. The smallest absolute Gasteiger partial charge is 0.231 e. The summed E-state index contributed by atoms with van der Waals surface area (Å²) >= 11 is 0. The maximum Gasteiger partial charge on any atom is 0.231 e. The number of ether oxygens (including phenoxy) is 1. The van der Waals surface area contributed by atoms with Gasteiger partial charge in [-0.25, -0.2) is 8.78 Å². The number of hydrogen-bond acceptors (Lipinski definition) is 5. The van der Waals surface area contributed by atoms with E-state index >= 15 is 0 Å². The molecule has 20 heavy (non-hydrogen) atoms. The molecule has 1 unspecified atom stereocenters. The third kappa shape index (κ3) is 2.83. The molecule has 1 aromatic heterocycles. The first-order chi connectivity index (χ1) is 9.72. The SMILES string of the molecule is Fc1ccc(Cc2nc(C3CNCCO3)no2)c(F)c1. The highest BCUT2D eigenvalue weighted by molar-refractivity contribution is 5.21. The van der Waals surface area contributed by atoms with Crippen molar-refractivity contribution in [2.75, 3.05) is 19.7 Å². The lowest BCUT2D eigenvalue weighted by molar-refractivity contribution is 0.0208. The minimum Gasteiger partial charge on any atom is -0.367 e. The van der Waals surface area contributed by atoms with Gasteiger partial charge in [-0.05, 0) is 11.6 Å². The average molecular weight is 281 g/mol. The first kappa shape index (κ1) is 13.1. The summed E-state index contributed by atoms with van der Waals surface area (Å²) < 4.78 is 36.9. The number of halogens is 2. The molecule has 1 aliphatic heterocycles. The molecule has 1 saturated heterocycles. The van der Waals surface area contributed by atoms with Gasteiger partial charge in [0.1, 0.15) is 17.7 Å². The normalized spacial score (nSPS) is 19.2. The minimum atomic E-state index is -0.625. The standard InChI is InChI=1S/C13H13F2N3O2/c14-9-2-1-8(10(15)6-9)5-12-17-13(18-20-12)11-7-16-3-4-19-11/h1-2,6,11,16H,3-5,7H2. The van der Waals surface area contributed by atoms with Crippen molar-refractivity contribution < 1.29 is 18.0 Å². The van der Waals surface area contributed by atoms with Crippen LogP contribution in [0.3, 0.4) is 0 Å². The number of hydrogen-bond donors (Lipinski definition) is 1. The van der Waals surface area contributed by atoms with E-state index in [0.717, 1.165) is 12.6 Å². The van der Waals surface area contributed by atoms with E-state index in [4.69, 9.17) is 9.26 Å². The van der Waals surface area contributed by atoms with Crippen molar-refractivity contribution in [2.24, 2.45) is 0 Å². The van der Waals surface area contributed by atoms with Crippen LogP contribution in [-0.2, 0) is 11.2 Å². The zero-order chi connectivity index (χ0) is 13.9. The molecule has 1 aliphatic rings. The third-order valence-corrected chi connectivity index (χ3v) is 3.06. The van der Waals surface area contributed by atoms with Crippen LogP contribution in [0.25, 0.3) is 0 Å². The zero-order valence-corrected chi connectivity index (χ0v) is 10.6. The van der Waals surface area contributed by atoms with Crippen LogP contribution >= 0.6 is 0 Å². The molecule has 0 amide bonds. The molecule has 2 aromatic rings. The largest absolute Gasteiger partial charge is 0.367 e. The number of rotatable bonds is 3. The molecule has 1 atom stereocenters. The van der Waals surface area contributed by atoms with E-state index in [1.807, 2.05) is 0 Å². The molecule has 5 nitrogen and oxygen atoms in total. The molecule has 7 heteroatoms. The van der Waals surface area contributed by atoms with Crippen molar-refractivity contribution in [3.8, 4) is 0 Å². The lowest BCUT2D eigenvalue weighted by Gasteiger charge is -2.20. The topological polar surface area (TPSA) is 60.2 Å². The molecule has 0 spiro atoms. The fourth-order valence-corrected chi connectivity index (χ4v) is 2.03. The molecule has 0 bridgehead atoms. The van der Waals surface area contributed by atoms with Crippen molar-refractivity contribution in [2.45, 2.75) is 12.5 Å². The zero-order valence-electron chi connectivity index (χ0n) is 10.6. The van der Waals surface area contributed by atoms with Gasteiger partial charge in [0.25, 0.3) is 0 Å². The van der Waals surface area contributed by atoms with Crippen molar-refractivity contribution in [3.05, 3.63) is 47.1 Å². The minimum absolute atomic E-state index is 0.124. The van der Waals surface area contributed by atoms with Gasteiger partial charge < -0.3 is 14.6 Å². The Hall–Kier alpha value is -1.86. The molecule has 3 rings (SSSR count). The Kier molecular flexibility index (Phi) is 3.70. The van der Waals surface area contributed by atoms with Gasteiger partial charge in [0.15, 0.2) is 0 Å². The number of aromatic nitrogens is 2. The summed E-state index contributed by atoms with van der Waals surface area (Å²) in [6.07, 6.45) is -0.126. The summed E-state index contributed by atoms with van der Waals surface area (Å²) in [5.74, 6) is -0.520. The van der Waals surface area contributed by atoms with Gasteiger partial charge in [0, 0.05) is 19.2 Å². The van der Waals surface area contributed by atoms with Crippen LogP contribution in [0.15, 0.2) is 22.7 Å². The molecule has 1 aromatic carbocycles. The lowest BCUT2D eigenvalue weighted by atomic mass is 10.1. The van der Waals surface area contributed by atoms with Crippen LogP contribution in [0.1, 0.15) is 23.4 Å². The number of nitrogens with zero attached hydrogens (tertiary/aromatic N) is 2. The Balaban J connectivity index is 1.73. The molecule has 0 saturated carbocycles. The summed E-state index contributed by atoms with van der Waals surface area (Å²) in [6, 6.07) is 3.40. The summed E-state index contributed by atoms with van der Waals surface area (Å²) in [5, 5.41) is 6.99. The fourth-order valence-electron chi connectivity index (χ4n) is 2.03. The van der Waals surface area contributed by atoms with Gasteiger partial charge in [-0.2, -0.15) is 4.98 Å². The predicted octanol–water partition coefficient (Wildman–Crippen LogP) is 1.60. The van der Waals surface area contributed by atoms with E-state index in [2.05, 4.69) is 15.5 Å². The second-order valence-electron chi connectivity index (χ2n) is 4.52. The third-order valence-electron chi connectivity index (χ3n) is 3.06. The summed E-state index contributed by atoms with van der Waals surface area (Å²) in [5.41, 5.74) is 0.310. The van der Waals surface area contributed by atoms with Crippen molar-refractivity contribution in [3.63, 3.8) is 0 Å². The van der Waals surface area contributed by atoms with Gasteiger partial charge in [0.2, 0.25) is 11.7 Å². The second kappa shape index (κ2) is 5.64. The fraction of sp³-hybridized carbons (Fsp3) is 0.385. The lowest BCUT2D eigenvalue weighted by Crippen LogP contribution is -2.33. The highest BCUT2D eigenvalue weighted by Crippen LogP contribution is 2.18. The van der Waals surface area contributed by atoms with Crippen LogP contribution in [0.2, 0.25) is 0 Å². The Labute approximate surface area is 113 Å². The number of morpholine rings is 1. The predicted molar refractivity (Wildman–Crippen MR) is 65.0 cm³/mol. The molecule has 0 radical (unpaired) electrons. The van der Waals surface area contributed by atoms with Crippen LogP contribution in [-0.4, -0.2) is 29.8 Å². The first-order valence-electron chi connectivity index (χ1n) is 6.31. The second-order valence-corrected chi connectivity index (χ2v) is 4.52. The molecular weight excluding hydrogens is 268 g/mol. The van der Waals surface area contributed by atoms with E-state index in [9.17, 15) is 8.78 Å². The monoisotopic (exact) mass is 281 g/mol. The molecule has 2 heterocycles.